The van der Waals surface area contributed by atoms with Crippen LogP contribution in [0.3, 0.4) is 0 Å². The summed E-state index contributed by atoms with van der Waals surface area (Å²) < 4.78 is 36.1. The Morgan fingerprint density at radius 2 is 1.44 bits per heavy atom. The lowest BCUT2D eigenvalue weighted by molar-refractivity contribution is 0.0686. The first-order chi connectivity index (χ1) is 32.0. The van der Waals surface area contributed by atoms with Crippen LogP contribution in [0.25, 0.3) is 0 Å². The maximum atomic E-state index is 14.2. The molecule has 2 aliphatic rings. The highest BCUT2D eigenvalue weighted by atomic mass is 33.1. The normalized spacial score (nSPS) is 17.6. The van der Waals surface area contributed by atoms with E-state index in [2.05, 4.69) is 80.0 Å². The molecule has 0 bridgehead atoms. The number of unbranched alkanes of at least 4 members (excludes halogenated alkanes) is 2. The van der Waals surface area contributed by atoms with Gasteiger partial charge < -0.3 is 38.7 Å². The third kappa shape index (κ3) is 14.7. The summed E-state index contributed by atoms with van der Waals surface area (Å²) >= 11 is 0. The number of allylic oxidation sites excluding steroid dienone is 1. The highest BCUT2D eigenvalue weighted by Crippen LogP contribution is 2.44. The summed E-state index contributed by atoms with van der Waals surface area (Å²) in [7, 11) is 4.55. The number of hydrogen-bond donors (Lipinski definition) is 2. The maximum absolute atomic E-state index is 14.2. The Balaban J connectivity index is 1.18. The van der Waals surface area contributed by atoms with Gasteiger partial charge in [-0.2, -0.15) is 0 Å². The molecule has 2 fully saturated rings. The molecule has 3 aromatic rings. The van der Waals surface area contributed by atoms with E-state index in [1.165, 1.54) is 7.11 Å². The van der Waals surface area contributed by atoms with Gasteiger partial charge in [0, 0.05) is 45.5 Å². The van der Waals surface area contributed by atoms with Crippen LogP contribution in [0.4, 0.5) is 16.2 Å². The second-order valence-corrected chi connectivity index (χ2v) is 28.3. The molecule has 1 aliphatic heterocycles. The summed E-state index contributed by atoms with van der Waals surface area (Å²) in [5.41, 5.74) is 10.7. The molecule has 12 nitrogen and oxygen atoms in total. The van der Waals surface area contributed by atoms with E-state index in [0.29, 0.717) is 97.5 Å². The van der Waals surface area contributed by atoms with E-state index in [4.69, 9.17) is 33.8 Å². The van der Waals surface area contributed by atoms with Gasteiger partial charge in [0.1, 0.15) is 6.61 Å². The van der Waals surface area contributed by atoms with Crippen LogP contribution in [0.5, 0.6) is 23.0 Å². The van der Waals surface area contributed by atoms with Crippen molar-refractivity contribution in [3.05, 3.63) is 89.5 Å². The Kier molecular flexibility index (Phi) is 19.1. The topological polar surface area (TPSA) is 148 Å². The number of anilines is 2. The van der Waals surface area contributed by atoms with Crippen LogP contribution in [0.15, 0.2) is 77.7 Å². The number of hydrogen-bond acceptors (Lipinski definition) is 12. The van der Waals surface area contributed by atoms with Crippen LogP contribution in [-0.2, 0) is 15.8 Å². The monoisotopic (exact) mass is 989 g/mol. The van der Waals surface area contributed by atoms with Crippen molar-refractivity contribution >= 4 is 59.1 Å². The highest BCUT2D eigenvalue weighted by molar-refractivity contribution is 8.77. The number of amides is 2. The van der Waals surface area contributed by atoms with Crippen molar-refractivity contribution in [2.45, 2.75) is 134 Å². The molecule has 15 heteroatoms. The fourth-order valence-electron chi connectivity index (χ4n) is 7.98. The summed E-state index contributed by atoms with van der Waals surface area (Å²) in [5.74, 6) is 1.29. The first-order valence-corrected chi connectivity index (χ1v) is 28.8. The average molecular weight is 990 g/mol. The zero-order valence-corrected chi connectivity index (χ0v) is 44.9. The Bertz CT molecular complexity index is 2270. The number of nitrogens with zero attached hydrogens (tertiary/aromatic N) is 1. The molecule has 3 atom stereocenters. The first kappa shape index (κ1) is 54.4. The van der Waals surface area contributed by atoms with Crippen LogP contribution in [-0.4, -0.2) is 82.4 Å². The fourth-order valence-corrected chi connectivity index (χ4v) is 11.0. The van der Waals surface area contributed by atoms with Gasteiger partial charge in [-0.3, -0.25) is 14.9 Å². The summed E-state index contributed by atoms with van der Waals surface area (Å²) in [4.78, 5) is 44.4. The molecular formula is C53H75N3O9S2Si. The number of benzene rings is 3. The van der Waals surface area contributed by atoms with Gasteiger partial charge in [-0.15, -0.1) is 0 Å². The maximum Gasteiger partial charge on any atom is 0.411 e. The molecule has 1 aliphatic carbocycles. The Morgan fingerprint density at radius 3 is 2.03 bits per heavy atom. The van der Waals surface area contributed by atoms with Gasteiger partial charge in [0.2, 0.25) is 0 Å². The second-order valence-electron chi connectivity index (χ2n) is 20.4. The van der Waals surface area contributed by atoms with Crippen LogP contribution in [0.1, 0.15) is 120 Å². The number of nitrogen functional groups attached to an aromatic ring is 1. The lowest BCUT2D eigenvalue weighted by Gasteiger charge is -2.38. The van der Waals surface area contributed by atoms with Crippen molar-refractivity contribution < 1.29 is 42.5 Å². The lowest BCUT2D eigenvalue weighted by atomic mass is 9.86. The predicted molar refractivity (Wildman–Crippen MR) is 280 cm³/mol. The van der Waals surface area contributed by atoms with Gasteiger partial charge >= 0.3 is 6.09 Å². The van der Waals surface area contributed by atoms with E-state index in [9.17, 15) is 14.4 Å². The zero-order valence-electron chi connectivity index (χ0n) is 42.3. The zero-order chi connectivity index (χ0) is 50.0. The number of nitrogens with one attached hydrogen (secondary N) is 1. The molecule has 0 radical (unpaired) electrons. The minimum absolute atomic E-state index is 0.0516. The smallest absolute Gasteiger partial charge is 0.411 e. The molecule has 1 heterocycles. The first-order valence-electron chi connectivity index (χ1n) is 23.7. The van der Waals surface area contributed by atoms with Gasteiger partial charge in [-0.25, -0.2) is 4.79 Å². The third-order valence-electron chi connectivity index (χ3n) is 12.9. The van der Waals surface area contributed by atoms with E-state index in [1.54, 1.807) is 53.0 Å². The molecule has 0 spiro atoms. The molecular weight excluding hydrogens is 915 g/mol. The summed E-state index contributed by atoms with van der Waals surface area (Å²) in [6, 6.07) is 14.4. The van der Waals surface area contributed by atoms with Gasteiger partial charge in [0.15, 0.2) is 37.1 Å². The minimum Gasteiger partial charge on any atom is -0.493 e. The van der Waals surface area contributed by atoms with Crippen LogP contribution < -0.4 is 30.0 Å². The summed E-state index contributed by atoms with van der Waals surface area (Å²) in [5, 5.41) is 2.90. The number of ether oxygens (including phenoxy) is 5. The number of carbonyl (C=O) groups is 3. The van der Waals surface area contributed by atoms with Crippen molar-refractivity contribution in [2.24, 2.45) is 11.8 Å². The number of methoxy groups -OCH3 is 2. The van der Waals surface area contributed by atoms with Gasteiger partial charge in [0.25, 0.3) is 5.91 Å². The van der Waals surface area contributed by atoms with Crippen LogP contribution in [0.2, 0.25) is 18.1 Å². The van der Waals surface area contributed by atoms with Crippen molar-refractivity contribution in [3.63, 3.8) is 0 Å². The minimum atomic E-state index is -2.02. The Morgan fingerprint density at radius 1 is 0.824 bits per heavy atom. The van der Waals surface area contributed by atoms with Crippen molar-refractivity contribution in [1.82, 2.24) is 4.90 Å². The largest absolute Gasteiger partial charge is 0.493 e. The molecule has 1 saturated carbocycles. The van der Waals surface area contributed by atoms with Crippen molar-refractivity contribution in [1.29, 1.82) is 0 Å². The van der Waals surface area contributed by atoms with Gasteiger partial charge in [-0.1, -0.05) is 113 Å². The number of ketones is 1. The van der Waals surface area contributed by atoms with Gasteiger partial charge in [0.05, 0.1) is 51.3 Å². The third-order valence-corrected chi connectivity index (χ3v) is 20.8. The Hall–Kier alpha value is -4.57. The number of Topliss-reactive ketones (excluding diaryl/α,β-unsaturated/α-hetero) is 1. The van der Waals surface area contributed by atoms with Crippen LogP contribution >= 0.6 is 21.6 Å². The average Bonchev–Trinajstić information content (AvgIpc) is 3.86. The molecule has 5 rings (SSSR count). The van der Waals surface area contributed by atoms with E-state index < -0.39 is 14.4 Å². The number of likely N-dealkylation sites (tertiary alicyclic amines) is 1. The quantitative estimate of drug-likeness (QED) is 0.0246. The van der Waals surface area contributed by atoms with Crippen molar-refractivity contribution in [2.75, 3.05) is 51.6 Å². The Labute approximate surface area is 414 Å². The molecule has 372 valence electrons. The van der Waals surface area contributed by atoms with Crippen LogP contribution in [0, 0.1) is 11.8 Å². The molecule has 1 saturated heterocycles. The number of carbonyl (C=O) groups excluding carboxylic acids is 3. The van der Waals surface area contributed by atoms with E-state index in [1.807, 2.05) is 29.2 Å². The molecule has 2 amide bonds. The summed E-state index contributed by atoms with van der Waals surface area (Å²) in [6.45, 7) is 29.7. The van der Waals surface area contributed by atoms with E-state index in [0.717, 1.165) is 40.9 Å². The molecule has 68 heavy (non-hydrogen) atoms. The second kappa shape index (κ2) is 23.8. The molecule has 3 aromatic carbocycles. The van der Waals surface area contributed by atoms with E-state index in [-0.39, 0.29) is 46.0 Å². The molecule has 3 N–H and O–H groups in total. The summed E-state index contributed by atoms with van der Waals surface area (Å²) in [6.07, 6.45) is 4.39. The highest BCUT2D eigenvalue weighted by Gasteiger charge is 2.40. The molecule has 1 unspecified atom stereocenters. The predicted octanol–water partition coefficient (Wildman–Crippen LogP) is 13.2. The fraction of sp³-hybridized carbons (Fsp3) is 0.528. The lowest BCUT2D eigenvalue weighted by Crippen LogP contribution is -2.46. The molecule has 0 aromatic heterocycles. The standard InChI is InChI=1S/C53H75N3O9S2Si/c1-14-37-24-34(2)26-40(37)49(57)42-28-46(61-11)48(30-44(42)55-51(59)64-32-36-18-20-39(21-19-36)66-67-52(4,5)6)63-23-17-15-16-22-62-47-29-43(54)41(27-45(47)60-10)50(58)56-31-35(3)25-38(56)33-65-68(12,13)53(7,8)9/h18-21,27-30,37-38,40H,2-3,14-17,22-26,31-33,54H2,1,4-13H3,(H,55,59)/t37-,38+,40?/m1/s1. The number of rotatable bonds is 22. The SMILES string of the molecule is C=C1CC(C(=O)c2cc(OC)c(OCCCCCOc3cc(N)c(C(=O)N4CC(=C)C[C@H]4CO[Si](C)(C)C(C)(C)C)cc3OC)cc2NC(=O)OCc2ccc(SSC(C)(C)C)cc2)[C@H](CC)C1. The van der Waals surface area contributed by atoms with Crippen molar-refractivity contribution in [3.8, 4) is 23.0 Å². The van der Waals surface area contributed by atoms with Gasteiger partial charge in [-0.05, 0) is 92.4 Å². The number of nitrogens with two attached hydrogens (primary N) is 1. The van der Waals surface area contributed by atoms with E-state index >= 15 is 0 Å².